The Balaban J connectivity index is 2.61. The molecular formula is C15H21BF3NO4S. The van der Waals surface area contributed by atoms with E-state index in [4.69, 9.17) is 9.31 Å². The minimum Gasteiger partial charge on any atom is -0.399 e. The summed E-state index contributed by atoms with van der Waals surface area (Å²) in [6.45, 7) is 8.67. The lowest BCUT2D eigenvalue weighted by Gasteiger charge is -2.32. The van der Waals surface area contributed by atoms with Gasteiger partial charge in [0.25, 0.3) is 0 Å². The van der Waals surface area contributed by atoms with Gasteiger partial charge in [-0.15, -0.1) is 0 Å². The molecule has 0 amide bonds. The molecular weight excluding hydrogens is 358 g/mol. The summed E-state index contributed by atoms with van der Waals surface area (Å²) in [4.78, 5) is 0. The number of aryl methyl sites for hydroxylation is 1. The Kier molecular flexibility index (Phi) is 4.72. The third-order valence-corrected chi connectivity index (χ3v) is 5.09. The van der Waals surface area contributed by atoms with Crippen molar-refractivity contribution >= 4 is 28.3 Å². The third-order valence-electron chi connectivity index (χ3n) is 4.50. The normalized spacial score (nSPS) is 20.0. The quantitative estimate of drug-likeness (QED) is 0.821. The summed E-state index contributed by atoms with van der Waals surface area (Å²) < 4.78 is 76.4. The zero-order chi connectivity index (χ0) is 19.4. The summed E-state index contributed by atoms with van der Waals surface area (Å²) in [7, 11) is -4.78. The van der Waals surface area contributed by atoms with Crippen LogP contribution in [-0.2, 0) is 25.5 Å². The van der Waals surface area contributed by atoms with E-state index < -0.39 is 40.1 Å². The minimum absolute atomic E-state index is 0.201. The molecule has 2 rings (SSSR count). The van der Waals surface area contributed by atoms with E-state index in [0.717, 1.165) is 18.4 Å². The van der Waals surface area contributed by atoms with Gasteiger partial charge in [0.15, 0.2) is 0 Å². The number of nitrogens with one attached hydrogen (secondary N) is 1. The Bertz CT molecular complexity index is 775. The van der Waals surface area contributed by atoms with Crippen molar-refractivity contribution in [3.63, 3.8) is 0 Å². The molecule has 0 radical (unpaired) electrons. The van der Waals surface area contributed by atoms with E-state index in [9.17, 15) is 21.6 Å². The maximum Gasteiger partial charge on any atom is 0.497 e. The number of rotatable bonds is 3. The molecule has 0 spiro atoms. The van der Waals surface area contributed by atoms with Crippen molar-refractivity contribution in [2.24, 2.45) is 0 Å². The molecule has 5 nitrogen and oxygen atoms in total. The average molecular weight is 379 g/mol. The Morgan fingerprint density at radius 2 is 1.56 bits per heavy atom. The smallest absolute Gasteiger partial charge is 0.399 e. The molecule has 0 bridgehead atoms. The number of benzene rings is 1. The molecule has 1 aliphatic rings. The van der Waals surface area contributed by atoms with Gasteiger partial charge in [0.05, 0.1) is 23.0 Å². The molecule has 10 heteroatoms. The second-order valence-electron chi connectivity index (χ2n) is 7.21. The van der Waals surface area contributed by atoms with Crippen molar-refractivity contribution in [1.82, 2.24) is 0 Å². The molecule has 1 N–H and O–H groups in total. The Morgan fingerprint density at radius 3 is 1.96 bits per heavy atom. The Labute approximate surface area is 146 Å². The number of hydrogen-bond acceptors (Lipinski definition) is 4. The molecule has 0 aromatic heterocycles. The largest absolute Gasteiger partial charge is 0.497 e. The monoisotopic (exact) mass is 379 g/mol. The van der Waals surface area contributed by atoms with E-state index >= 15 is 0 Å². The molecule has 0 saturated carbocycles. The van der Waals surface area contributed by atoms with Gasteiger partial charge in [0.1, 0.15) is 0 Å². The first-order chi connectivity index (χ1) is 11.0. The molecule has 1 aromatic rings. The van der Waals surface area contributed by atoms with Gasteiger partial charge in [-0.05, 0) is 52.3 Å². The Morgan fingerprint density at radius 1 is 1.08 bits per heavy atom. The van der Waals surface area contributed by atoms with Crippen molar-refractivity contribution in [3.8, 4) is 0 Å². The van der Waals surface area contributed by atoms with Crippen LogP contribution in [0.2, 0.25) is 0 Å². The van der Waals surface area contributed by atoms with Crippen molar-refractivity contribution in [3.05, 3.63) is 23.3 Å². The fourth-order valence-electron chi connectivity index (χ4n) is 2.52. The van der Waals surface area contributed by atoms with Crippen LogP contribution in [-0.4, -0.2) is 33.0 Å². The highest BCUT2D eigenvalue weighted by molar-refractivity contribution is 7.92. The third kappa shape index (κ3) is 4.12. The predicted molar refractivity (Wildman–Crippen MR) is 90.4 cm³/mol. The first kappa shape index (κ1) is 20.1. The van der Waals surface area contributed by atoms with Gasteiger partial charge in [0, 0.05) is 11.2 Å². The predicted octanol–water partition coefficient (Wildman–Crippen LogP) is 2.68. The molecule has 0 aliphatic carbocycles. The first-order valence-corrected chi connectivity index (χ1v) is 9.48. The van der Waals surface area contributed by atoms with Crippen LogP contribution in [0.1, 0.15) is 38.8 Å². The number of hydrogen-bond donors (Lipinski definition) is 1. The zero-order valence-corrected chi connectivity index (χ0v) is 15.7. The van der Waals surface area contributed by atoms with Crippen LogP contribution < -0.4 is 10.2 Å². The fraction of sp³-hybridized carbons (Fsp3) is 0.600. The van der Waals surface area contributed by atoms with E-state index in [1.165, 1.54) is 6.92 Å². The molecule has 25 heavy (non-hydrogen) atoms. The fourth-order valence-corrected chi connectivity index (χ4v) is 3.09. The number of alkyl halides is 3. The topological polar surface area (TPSA) is 64.6 Å². The second-order valence-corrected chi connectivity index (χ2v) is 8.96. The summed E-state index contributed by atoms with van der Waals surface area (Å²) in [5.41, 5.74) is -2.12. The summed E-state index contributed by atoms with van der Waals surface area (Å²) >= 11 is 0. The highest BCUT2D eigenvalue weighted by atomic mass is 32.2. The van der Waals surface area contributed by atoms with Crippen molar-refractivity contribution in [2.75, 3.05) is 11.0 Å². The van der Waals surface area contributed by atoms with Crippen LogP contribution in [0.15, 0.2) is 12.1 Å². The molecule has 0 atom stereocenters. The van der Waals surface area contributed by atoms with Gasteiger partial charge in [-0.25, -0.2) is 8.42 Å². The number of anilines is 1. The van der Waals surface area contributed by atoms with Crippen LogP contribution in [0.25, 0.3) is 0 Å². The molecule has 1 aromatic carbocycles. The van der Waals surface area contributed by atoms with Gasteiger partial charge in [-0.1, -0.05) is 0 Å². The zero-order valence-electron chi connectivity index (χ0n) is 14.9. The molecule has 0 unspecified atom stereocenters. The molecule has 1 fully saturated rings. The van der Waals surface area contributed by atoms with Crippen LogP contribution >= 0.6 is 0 Å². The average Bonchev–Trinajstić information content (AvgIpc) is 2.53. The molecule has 140 valence electrons. The lowest BCUT2D eigenvalue weighted by atomic mass is 9.74. The first-order valence-electron chi connectivity index (χ1n) is 7.59. The minimum atomic E-state index is -4.60. The van der Waals surface area contributed by atoms with Gasteiger partial charge in [-0.2, -0.15) is 13.2 Å². The van der Waals surface area contributed by atoms with Gasteiger partial charge >= 0.3 is 13.3 Å². The highest BCUT2D eigenvalue weighted by Crippen LogP contribution is 2.38. The summed E-state index contributed by atoms with van der Waals surface area (Å²) in [6.07, 6.45) is -3.73. The Hall–Kier alpha value is -1.26. The van der Waals surface area contributed by atoms with Crippen LogP contribution in [0.4, 0.5) is 18.9 Å². The van der Waals surface area contributed by atoms with Crippen molar-refractivity contribution in [1.29, 1.82) is 0 Å². The molecule has 1 saturated heterocycles. The van der Waals surface area contributed by atoms with Gasteiger partial charge < -0.3 is 9.31 Å². The summed E-state index contributed by atoms with van der Waals surface area (Å²) in [6, 6.07) is 1.71. The van der Waals surface area contributed by atoms with E-state index in [0.29, 0.717) is 0 Å². The van der Waals surface area contributed by atoms with E-state index in [-0.39, 0.29) is 16.7 Å². The standard InChI is InChI=1S/C15H21BF3NO4S/c1-9-7-10(15(17,18)19)8-11(20-25(6,21)22)12(9)16-23-13(2,3)14(4,5)24-16/h7-8,20H,1-6H3. The van der Waals surface area contributed by atoms with E-state index in [1.54, 1.807) is 27.7 Å². The number of halogens is 3. The maximum absolute atomic E-state index is 13.1. The molecule has 1 aliphatic heterocycles. The lowest BCUT2D eigenvalue weighted by molar-refractivity contribution is -0.137. The second kappa shape index (κ2) is 5.89. The van der Waals surface area contributed by atoms with Gasteiger partial charge in [-0.3, -0.25) is 4.72 Å². The SMILES string of the molecule is Cc1cc(C(F)(F)F)cc(NS(C)(=O)=O)c1B1OC(C)(C)C(C)(C)O1. The number of sulfonamides is 1. The van der Waals surface area contributed by atoms with Gasteiger partial charge in [0.2, 0.25) is 10.0 Å². The van der Waals surface area contributed by atoms with Crippen molar-refractivity contribution < 1.29 is 30.9 Å². The van der Waals surface area contributed by atoms with Crippen LogP contribution in [0.5, 0.6) is 0 Å². The maximum atomic E-state index is 13.1. The summed E-state index contributed by atoms with van der Waals surface area (Å²) in [5, 5.41) is 0. The van der Waals surface area contributed by atoms with E-state index in [2.05, 4.69) is 4.72 Å². The summed E-state index contributed by atoms with van der Waals surface area (Å²) in [5.74, 6) is 0. The van der Waals surface area contributed by atoms with Crippen LogP contribution in [0.3, 0.4) is 0 Å². The lowest BCUT2D eigenvalue weighted by Crippen LogP contribution is -2.41. The van der Waals surface area contributed by atoms with Crippen molar-refractivity contribution in [2.45, 2.75) is 52.0 Å². The highest BCUT2D eigenvalue weighted by Gasteiger charge is 2.53. The molecule has 1 heterocycles. The van der Waals surface area contributed by atoms with Crippen LogP contribution in [0, 0.1) is 6.92 Å². The van der Waals surface area contributed by atoms with E-state index in [1.807, 2.05) is 0 Å².